The Morgan fingerprint density at radius 1 is 1.28 bits per heavy atom. The molecule has 1 atom stereocenters. The number of aryl methyl sites for hydroxylation is 2. The topological polar surface area (TPSA) is 68.2 Å². The maximum Gasteiger partial charge on any atom is 0.257 e. The van der Waals surface area contributed by atoms with Crippen molar-refractivity contribution in [3.8, 4) is 5.75 Å². The second-order valence-corrected chi connectivity index (χ2v) is 7.55. The fourth-order valence-corrected chi connectivity index (χ4v) is 3.27. The SMILES string of the molecule is CCCCCc1cc(C(C)CNCCCn2ccnc2)ccc1OCC(=O)NC. The fraction of sp³-hybridized carbons (Fsp3) is 0.565. The van der Waals surface area contributed by atoms with E-state index < -0.39 is 0 Å². The van der Waals surface area contributed by atoms with Crippen LogP contribution in [0.15, 0.2) is 36.9 Å². The summed E-state index contributed by atoms with van der Waals surface area (Å²) in [6, 6.07) is 6.40. The summed E-state index contributed by atoms with van der Waals surface area (Å²) in [7, 11) is 1.63. The first-order chi connectivity index (χ1) is 14.1. The lowest BCUT2D eigenvalue weighted by Gasteiger charge is -2.17. The standard InChI is InChI=1S/C23H36N4O2/c1-4-5-6-8-21-15-20(9-10-22(21)29-17-23(28)24-3)19(2)16-25-11-7-13-27-14-12-26-18-27/h9-10,12,14-15,18-19,25H,4-8,11,13,16-17H2,1-3H3,(H,24,28). The van der Waals surface area contributed by atoms with Crippen LogP contribution in [0.2, 0.25) is 0 Å². The van der Waals surface area contributed by atoms with E-state index in [2.05, 4.69) is 46.2 Å². The van der Waals surface area contributed by atoms with Crippen LogP contribution in [0.25, 0.3) is 0 Å². The maximum atomic E-state index is 11.5. The van der Waals surface area contributed by atoms with E-state index in [0.29, 0.717) is 5.92 Å². The third kappa shape index (κ3) is 8.28. The van der Waals surface area contributed by atoms with Crippen molar-refractivity contribution in [1.82, 2.24) is 20.2 Å². The Balaban J connectivity index is 1.87. The first kappa shape index (κ1) is 22.9. The van der Waals surface area contributed by atoms with Crippen molar-refractivity contribution in [3.63, 3.8) is 0 Å². The summed E-state index contributed by atoms with van der Waals surface area (Å²) in [5.74, 6) is 1.14. The summed E-state index contributed by atoms with van der Waals surface area (Å²) in [6.07, 6.45) is 11.3. The molecule has 0 aliphatic heterocycles. The number of rotatable bonds is 14. The molecule has 0 aliphatic rings. The Morgan fingerprint density at radius 3 is 2.86 bits per heavy atom. The number of ether oxygens (including phenoxy) is 1. The number of nitrogens with one attached hydrogen (secondary N) is 2. The predicted molar refractivity (Wildman–Crippen MR) is 117 cm³/mol. The van der Waals surface area contributed by atoms with Crippen LogP contribution in [0.5, 0.6) is 5.75 Å². The highest BCUT2D eigenvalue weighted by Crippen LogP contribution is 2.26. The van der Waals surface area contributed by atoms with Crippen molar-refractivity contribution in [1.29, 1.82) is 0 Å². The van der Waals surface area contributed by atoms with Gasteiger partial charge in [-0.05, 0) is 48.9 Å². The van der Waals surface area contributed by atoms with Gasteiger partial charge in [0.25, 0.3) is 5.91 Å². The van der Waals surface area contributed by atoms with Gasteiger partial charge in [-0.2, -0.15) is 0 Å². The lowest BCUT2D eigenvalue weighted by molar-refractivity contribution is -0.122. The van der Waals surface area contributed by atoms with E-state index in [1.54, 1.807) is 7.05 Å². The zero-order valence-corrected chi connectivity index (χ0v) is 18.1. The van der Waals surface area contributed by atoms with E-state index in [1.165, 1.54) is 24.0 Å². The summed E-state index contributed by atoms with van der Waals surface area (Å²) < 4.78 is 7.87. The highest BCUT2D eigenvalue weighted by molar-refractivity contribution is 5.77. The average molecular weight is 401 g/mol. The Morgan fingerprint density at radius 2 is 2.14 bits per heavy atom. The molecular formula is C23H36N4O2. The molecule has 1 aromatic heterocycles. The summed E-state index contributed by atoms with van der Waals surface area (Å²) in [4.78, 5) is 15.6. The molecule has 1 heterocycles. The molecule has 2 aromatic rings. The molecule has 0 aliphatic carbocycles. The largest absolute Gasteiger partial charge is 0.483 e. The molecule has 6 nitrogen and oxygen atoms in total. The molecule has 0 saturated carbocycles. The first-order valence-corrected chi connectivity index (χ1v) is 10.8. The smallest absolute Gasteiger partial charge is 0.257 e. The molecule has 0 bridgehead atoms. The number of benzene rings is 1. The Kier molecular flexibility index (Phi) is 10.3. The lowest BCUT2D eigenvalue weighted by Crippen LogP contribution is -2.25. The molecule has 0 fully saturated rings. The quantitative estimate of drug-likeness (QED) is 0.476. The van der Waals surface area contributed by atoms with Crippen molar-refractivity contribution < 1.29 is 9.53 Å². The monoisotopic (exact) mass is 400 g/mol. The van der Waals surface area contributed by atoms with Crippen LogP contribution in [-0.2, 0) is 17.8 Å². The number of likely N-dealkylation sites (N-methyl/N-ethyl adjacent to an activating group) is 1. The second-order valence-electron chi connectivity index (χ2n) is 7.55. The summed E-state index contributed by atoms with van der Waals surface area (Å²) in [5.41, 5.74) is 2.51. The number of aromatic nitrogens is 2. The van der Waals surface area contributed by atoms with E-state index in [1.807, 2.05) is 24.8 Å². The number of amides is 1. The number of carbonyl (C=O) groups excluding carboxylic acids is 1. The van der Waals surface area contributed by atoms with Gasteiger partial charge < -0.3 is 19.9 Å². The van der Waals surface area contributed by atoms with Crippen molar-refractivity contribution in [3.05, 3.63) is 48.0 Å². The molecule has 1 aromatic carbocycles. The number of unbranched alkanes of at least 4 members (excludes halogenated alkanes) is 2. The highest BCUT2D eigenvalue weighted by atomic mass is 16.5. The van der Waals surface area contributed by atoms with Crippen molar-refractivity contribution >= 4 is 5.91 Å². The zero-order valence-electron chi connectivity index (χ0n) is 18.1. The number of nitrogens with zero attached hydrogens (tertiary/aromatic N) is 2. The minimum absolute atomic E-state index is 0.0602. The van der Waals surface area contributed by atoms with Crippen molar-refractivity contribution in [2.45, 2.75) is 58.4 Å². The van der Waals surface area contributed by atoms with Crippen molar-refractivity contribution in [2.24, 2.45) is 0 Å². The molecule has 0 saturated heterocycles. The minimum Gasteiger partial charge on any atom is -0.483 e. The molecule has 6 heteroatoms. The Labute approximate surface area is 175 Å². The molecule has 0 spiro atoms. The van der Waals surface area contributed by atoms with Crippen LogP contribution >= 0.6 is 0 Å². The summed E-state index contributed by atoms with van der Waals surface area (Å²) in [5, 5.41) is 6.16. The first-order valence-electron chi connectivity index (χ1n) is 10.8. The maximum absolute atomic E-state index is 11.5. The molecule has 160 valence electrons. The van der Waals surface area contributed by atoms with Gasteiger partial charge in [-0.1, -0.05) is 38.8 Å². The van der Waals surface area contributed by atoms with Gasteiger partial charge in [0, 0.05) is 32.5 Å². The van der Waals surface area contributed by atoms with Crippen LogP contribution in [0.4, 0.5) is 0 Å². The van der Waals surface area contributed by atoms with Crippen LogP contribution in [0.1, 0.15) is 56.6 Å². The van der Waals surface area contributed by atoms with E-state index in [0.717, 1.165) is 44.6 Å². The molecule has 0 radical (unpaired) electrons. The highest BCUT2D eigenvalue weighted by Gasteiger charge is 2.11. The lowest BCUT2D eigenvalue weighted by atomic mass is 9.96. The minimum atomic E-state index is -0.109. The molecule has 2 rings (SSSR count). The van der Waals surface area contributed by atoms with E-state index in [4.69, 9.17) is 4.74 Å². The number of hydrogen-bond acceptors (Lipinski definition) is 4. The second kappa shape index (κ2) is 13.0. The van der Waals surface area contributed by atoms with Gasteiger partial charge in [0.2, 0.25) is 0 Å². The molecule has 29 heavy (non-hydrogen) atoms. The molecule has 1 amide bonds. The van der Waals surface area contributed by atoms with E-state index in [-0.39, 0.29) is 12.5 Å². The predicted octanol–water partition coefficient (Wildman–Crippen LogP) is 3.52. The van der Waals surface area contributed by atoms with Gasteiger partial charge in [0.1, 0.15) is 5.75 Å². The number of imidazole rings is 1. The molecular weight excluding hydrogens is 364 g/mol. The zero-order chi connectivity index (χ0) is 20.9. The van der Waals surface area contributed by atoms with Crippen molar-refractivity contribution in [2.75, 3.05) is 26.7 Å². The van der Waals surface area contributed by atoms with Gasteiger partial charge in [-0.3, -0.25) is 4.79 Å². The Bertz CT molecular complexity index is 716. The third-order valence-electron chi connectivity index (χ3n) is 5.12. The van der Waals surface area contributed by atoms with Crippen LogP contribution in [0, 0.1) is 0 Å². The number of carbonyl (C=O) groups is 1. The van der Waals surface area contributed by atoms with Gasteiger partial charge in [0.05, 0.1) is 6.33 Å². The third-order valence-corrected chi connectivity index (χ3v) is 5.12. The van der Waals surface area contributed by atoms with Gasteiger partial charge in [-0.25, -0.2) is 4.98 Å². The van der Waals surface area contributed by atoms with Crippen LogP contribution in [0.3, 0.4) is 0 Å². The van der Waals surface area contributed by atoms with Gasteiger partial charge in [-0.15, -0.1) is 0 Å². The van der Waals surface area contributed by atoms with Gasteiger partial charge >= 0.3 is 0 Å². The normalized spacial score (nSPS) is 12.0. The molecule has 2 N–H and O–H groups in total. The Hall–Kier alpha value is -2.34. The number of hydrogen-bond donors (Lipinski definition) is 2. The summed E-state index contributed by atoms with van der Waals surface area (Å²) in [6.45, 7) is 7.43. The fourth-order valence-electron chi connectivity index (χ4n) is 3.27. The van der Waals surface area contributed by atoms with E-state index >= 15 is 0 Å². The summed E-state index contributed by atoms with van der Waals surface area (Å²) >= 11 is 0. The molecule has 1 unspecified atom stereocenters. The average Bonchev–Trinajstić information content (AvgIpc) is 3.25. The van der Waals surface area contributed by atoms with Gasteiger partial charge in [0.15, 0.2) is 6.61 Å². The van der Waals surface area contributed by atoms with E-state index in [9.17, 15) is 4.79 Å². The van der Waals surface area contributed by atoms with Crippen LogP contribution < -0.4 is 15.4 Å². The van der Waals surface area contributed by atoms with Crippen LogP contribution in [-0.4, -0.2) is 42.2 Å².